The number of pyridine rings is 1. The molecule has 152 valence electrons. The van der Waals surface area contributed by atoms with Crippen LogP contribution in [0.3, 0.4) is 0 Å². The third kappa shape index (κ3) is 5.23. The summed E-state index contributed by atoms with van der Waals surface area (Å²) in [5.41, 5.74) is 2.67. The summed E-state index contributed by atoms with van der Waals surface area (Å²) in [6.07, 6.45) is 3.56. The molecule has 1 aromatic heterocycles. The second-order valence-corrected chi connectivity index (χ2v) is 6.63. The van der Waals surface area contributed by atoms with Crippen LogP contribution in [0, 0.1) is 5.82 Å². The maximum absolute atomic E-state index is 14.3. The molecule has 0 aliphatic heterocycles. The number of benzene rings is 2. The Balaban J connectivity index is 1.91. The van der Waals surface area contributed by atoms with Crippen LogP contribution in [0.25, 0.3) is 0 Å². The minimum absolute atomic E-state index is 0.214. The van der Waals surface area contributed by atoms with E-state index in [2.05, 4.69) is 9.88 Å². The van der Waals surface area contributed by atoms with Gasteiger partial charge >= 0.3 is 0 Å². The average molecular weight is 396 g/mol. The summed E-state index contributed by atoms with van der Waals surface area (Å²) in [7, 11) is 4.76. The fourth-order valence-corrected chi connectivity index (χ4v) is 3.27. The number of hydrogen-bond acceptors (Lipinski definition) is 5. The van der Waals surface area contributed by atoms with E-state index in [1.807, 2.05) is 36.5 Å². The van der Waals surface area contributed by atoms with Gasteiger partial charge in [0, 0.05) is 37.6 Å². The van der Waals surface area contributed by atoms with Gasteiger partial charge in [-0.1, -0.05) is 24.3 Å². The van der Waals surface area contributed by atoms with E-state index in [4.69, 9.17) is 14.2 Å². The molecular formula is C23H25FN2O3. The van der Waals surface area contributed by atoms with Crippen molar-refractivity contribution in [1.29, 1.82) is 0 Å². The van der Waals surface area contributed by atoms with Gasteiger partial charge in [0.2, 0.25) is 5.75 Å². The third-order valence-electron chi connectivity index (χ3n) is 4.61. The zero-order chi connectivity index (χ0) is 20.6. The fraction of sp³-hybridized carbons (Fsp3) is 0.261. The second kappa shape index (κ2) is 9.89. The molecule has 0 radical (unpaired) electrons. The molecule has 3 rings (SSSR count). The molecule has 29 heavy (non-hydrogen) atoms. The fourth-order valence-electron chi connectivity index (χ4n) is 3.27. The number of aromatic nitrogens is 1. The summed E-state index contributed by atoms with van der Waals surface area (Å²) in [5, 5.41) is 0. The van der Waals surface area contributed by atoms with Crippen LogP contribution < -0.4 is 14.2 Å². The van der Waals surface area contributed by atoms with Crippen LogP contribution in [-0.2, 0) is 19.6 Å². The highest BCUT2D eigenvalue weighted by atomic mass is 19.1. The van der Waals surface area contributed by atoms with E-state index in [0.29, 0.717) is 42.4 Å². The van der Waals surface area contributed by atoms with Gasteiger partial charge in [-0.2, -0.15) is 0 Å². The predicted octanol–water partition coefficient (Wildman–Crippen LogP) is 4.45. The van der Waals surface area contributed by atoms with E-state index in [9.17, 15) is 4.39 Å². The van der Waals surface area contributed by atoms with Gasteiger partial charge in [0.1, 0.15) is 5.82 Å². The number of nitrogens with zero attached hydrogens (tertiary/aromatic N) is 2. The Morgan fingerprint density at radius 3 is 2.10 bits per heavy atom. The molecule has 0 saturated heterocycles. The topological polar surface area (TPSA) is 43.8 Å². The van der Waals surface area contributed by atoms with E-state index in [0.717, 1.165) is 11.1 Å². The van der Waals surface area contributed by atoms with Gasteiger partial charge < -0.3 is 14.2 Å². The molecule has 6 heteroatoms. The van der Waals surface area contributed by atoms with Crippen LogP contribution in [-0.4, -0.2) is 31.2 Å². The number of ether oxygens (including phenoxy) is 3. The Kier molecular flexibility index (Phi) is 7.03. The maximum Gasteiger partial charge on any atom is 0.203 e. The molecule has 0 atom stereocenters. The Bertz CT molecular complexity index is 909. The Morgan fingerprint density at radius 2 is 1.52 bits per heavy atom. The molecule has 0 fully saturated rings. The summed E-state index contributed by atoms with van der Waals surface area (Å²) < 4.78 is 30.6. The van der Waals surface area contributed by atoms with E-state index >= 15 is 0 Å². The molecule has 2 aromatic carbocycles. The molecule has 3 aromatic rings. The monoisotopic (exact) mass is 396 g/mol. The second-order valence-electron chi connectivity index (χ2n) is 6.63. The molecule has 0 saturated carbocycles. The molecule has 0 amide bonds. The van der Waals surface area contributed by atoms with Gasteiger partial charge in [-0.15, -0.1) is 0 Å². The lowest BCUT2D eigenvalue weighted by Gasteiger charge is -2.24. The lowest BCUT2D eigenvalue weighted by atomic mass is 10.1. The molecule has 0 unspecified atom stereocenters. The van der Waals surface area contributed by atoms with Crippen molar-refractivity contribution in [3.05, 3.63) is 83.4 Å². The van der Waals surface area contributed by atoms with Gasteiger partial charge in [-0.25, -0.2) is 4.39 Å². The first-order valence-corrected chi connectivity index (χ1v) is 9.28. The summed E-state index contributed by atoms with van der Waals surface area (Å²) in [5.74, 6) is 1.52. The highest BCUT2D eigenvalue weighted by Gasteiger charge is 2.16. The first-order valence-electron chi connectivity index (χ1n) is 9.28. The summed E-state index contributed by atoms with van der Waals surface area (Å²) >= 11 is 0. The number of hydrogen-bond donors (Lipinski definition) is 0. The lowest BCUT2D eigenvalue weighted by Crippen LogP contribution is -2.23. The Labute approximate surface area is 170 Å². The van der Waals surface area contributed by atoms with Crippen LogP contribution in [0.5, 0.6) is 17.2 Å². The minimum Gasteiger partial charge on any atom is -0.493 e. The van der Waals surface area contributed by atoms with E-state index in [1.54, 1.807) is 39.7 Å². The Hall–Kier alpha value is -3.12. The van der Waals surface area contributed by atoms with Crippen molar-refractivity contribution in [3.63, 3.8) is 0 Å². The van der Waals surface area contributed by atoms with Gasteiger partial charge in [-0.3, -0.25) is 9.88 Å². The zero-order valence-electron chi connectivity index (χ0n) is 16.9. The van der Waals surface area contributed by atoms with Crippen molar-refractivity contribution in [2.75, 3.05) is 21.3 Å². The third-order valence-corrected chi connectivity index (χ3v) is 4.61. The molecule has 1 heterocycles. The number of rotatable bonds is 9. The van der Waals surface area contributed by atoms with Crippen molar-refractivity contribution >= 4 is 0 Å². The summed E-state index contributed by atoms with van der Waals surface area (Å²) in [6, 6.07) is 14.6. The summed E-state index contributed by atoms with van der Waals surface area (Å²) in [6.45, 7) is 1.65. The first-order chi connectivity index (χ1) is 14.1. The first kappa shape index (κ1) is 20.6. The molecule has 0 spiro atoms. The van der Waals surface area contributed by atoms with Crippen molar-refractivity contribution in [3.8, 4) is 17.2 Å². The van der Waals surface area contributed by atoms with Gasteiger partial charge in [0.15, 0.2) is 11.5 Å². The van der Waals surface area contributed by atoms with Crippen molar-refractivity contribution in [2.45, 2.75) is 19.6 Å². The SMILES string of the molecule is COc1cc(CN(Cc2cccnc2)Cc2ccccc2F)cc(OC)c1OC. The molecular weight excluding hydrogens is 371 g/mol. The smallest absolute Gasteiger partial charge is 0.203 e. The van der Waals surface area contributed by atoms with Crippen LogP contribution in [0.4, 0.5) is 4.39 Å². The number of methoxy groups -OCH3 is 3. The molecule has 0 aliphatic rings. The zero-order valence-corrected chi connectivity index (χ0v) is 16.9. The molecule has 0 aliphatic carbocycles. The average Bonchev–Trinajstić information content (AvgIpc) is 2.75. The standard InChI is InChI=1S/C23H25FN2O3/c1-27-21-11-18(12-22(28-2)23(21)29-3)15-26(14-17-7-6-10-25-13-17)16-19-8-4-5-9-20(19)24/h4-13H,14-16H2,1-3H3. The Morgan fingerprint density at radius 1 is 0.828 bits per heavy atom. The minimum atomic E-state index is -0.214. The maximum atomic E-state index is 14.3. The van der Waals surface area contributed by atoms with Crippen LogP contribution in [0.2, 0.25) is 0 Å². The highest BCUT2D eigenvalue weighted by Crippen LogP contribution is 2.38. The van der Waals surface area contributed by atoms with E-state index < -0.39 is 0 Å². The highest BCUT2D eigenvalue weighted by molar-refractivity contribution is 5.53. The van der Waals surface area contributed by atoms with Crippen LogP contribution in [0.1, 0.15) is 16.7 Å². The van der Waals surface area contributed by atoms with Crippen molar-refractivity contribution in [1.82, 2.24) is 9.88 Å². The number of halogens is 1. The normalized spacial score (nSPS) is 10.8. The van der Waals surface area contributed by atoms with E-state index in [1.165, 1.54) is 6.07 Å². The van der Waals surface area contributed by atoms with Crippen molar-refractivity contribution < 1.29 is 18.6 Å². The molecule has 0 bridgehead atoms. The van der Waals surface area contributed by atoms with E-state index in [-0.39, 0.29) is 5.82 Å². The summed E-state index contributed by atoms with van der Waals surface area (Å²) in [4.78, 5) is 6.34. The largest absolute Gasteiger partial charge is 0.493 e. The van der Waals surface area contributed by atoms with Crippen molar-refractivity contribution in [2.24, 2.45) is 0 Å². The molecule has 5 nitrogen and oxygen atoms in total. The quantitative estimate of drug-likeness (QED) is 0.535. The van der Waals surface area contributed by atoms with Gasteiger partial charge in [0.05, 0.1) is 21.3 Å². The predicted molar refractivity (Wildman–Crippen MR) is 110 cm³/mol. The van der Waals surface area contributed by atoms with Crippen LogP contribution >= 0.6 is 0 Å². The molecule has 0 N–H and O–H groups in total. The van der Waals surface area contributed by atoms with Crippen LogP contribution in [0.15, 0.2) is 60.9 Å². The van der Waals surface area contributed by atoms with Gasteiger partial charge in [-0.05, 0) is 35.4 Å². The van der Waals surface area contributed by atoms with Gasteiger partial charge in [0.25, 0.3) is 0 Å². The lowest BCUT2D eigenvalue weighted by molar-refractivity contribution is 0.242.